The molecule has 0 spiro atoms. The molecule has 1 saturated carbocycles. The van der Waals surface area contributed by atoms with E-state index in [0.717, 1.165) is 29.0 Å². The molecule has 6 nitrogen and oxygen atoms in total. The van der Waals surface area contributed by atoms with Gasteiger partial charge in [-0.25, -0.2) is 8.42 Å². The molecule has 0 unspecified atom stereocenters. The van der Waals surface area contributed by atoms with Crippen LogP contribution in [0.1, 0.15) is 18.4 Å². The molecule has 0 aliphatic heterocycles. The molecule has 1 fully saturated rings. The number of hydrogen-bond acceptors (Lipinski definition) is 4. The first kappa shape index (κ1) is 15.8. The Kier molecular flexibility index (Phi) is 4.84. The SMILES string of the molecule is COc1ccccc1CN(CC(=O)NC1CC1)S(C)(=O)=O. The summed E-state index contributed by atoms with van der Waals surface area (Å²) in [5.74, 6) is 0.339. The van der Waals surface area contributed by atoms with Crippen LogP contribution in [0, 0.1) is 0 Å². The Bertz CT molecular complexity index is 611. The number of rotatable bonds is 7. The number of methoxy groups -OCH3 is 1. The van der Waals surface area contributed by atoms with Gasteiger partial charge in [0.05, 0.1) is 19.9 Å². The van der Waals surface area contributed by atoms with E-state index in [4.69, 9.17) is 4.74 Å². The second-order valence-corrected chi connectivity index (χ2v) is 7.17. The molecule has 1 aromatic rings. The van der Waals surface area contributed by atoms with Gasteiger partial charge in [0, 0.05) is 18.2 Å². The highest BCUT2D eigenvalue weighted by Crippen LogP contribution is 2.21. The van der Waals surface area contributed by atoms with Crippen LogP contribution in [0.5, 0.6) is 5.75 Å². The Labute approximate surface area is 125 Å². The second-order valence-electron chi connectivity index (χ2n) is 5.18. The van der Waals surface area contributed by atoms with Gasteiger partial charge in [0.15, 0.2) is 0 Å². The van der Waals surface area contributed by atoms with Crippen LogP contribution in [0.25, 0.3) is 0 Å². The Morgan fingerprint density at radius 1 is 1.38 bits per heavy atom. The first-order valence-corrected chi connectivity index (χ1v) is 8.61. The Balaban J connectivity index is 2.10. The van der Waals surface area contributed by atoms with Gasteiger partial charge in [-0.05, 0) is 18.9 Å². The van der Waals surface area contributed by atoms with Crippen molar-refractivity contribution in [3.63, 3.8) is 0 Å². The number of ether oxygens (including phenoxy) is 1. The topological polar surface area (TPSA) is 75.7 Å². The number of nitrogens with zero attached hydrogens (tertiary/aromatic N) is 1. The van der Waals surface area contributed by atoms with Gasteiger partial charge in [-0.2, -0.15) is 4.31 Å². The van der Waals surface area contributed by atoms with Crippen molar-refractivity contribution in [2.24, 2.45) is 0 Å². The van der Waals surface area contributed by atoms with Crippen LogP contribution in [-0.2, 0) is 21.4 Å². The summed E-state index contributed by atoms with van der Waals surface area (Å²) in [5.41, 5.74) is 0.727. The molecule has 0 heterocycles. The summed E-state index contributed by atoms with van der Waals surface area (Å²) >= 11 is 0. The molecule has 1 aliphatic carbocycles. The number of carbonyl (C=O) groups excluding carboxylic acids is 1. The summed E-state index contributed by atoms with van der Waals surface area (Å²) < 4.78 is 30.1. The summed E-state index contributed by atoms with van der Waals surface area (Å²) in [7, 11) is -1.95. The van der Waals surface area contributed by atoms with Crippen LogP contribution in [0.3, 0.4) is 0 Å². The average molecular weight is 312 g/mol. The molecule has 116 valence electrons. The maximum absolute atomic E-state index is 11.9. The summed E-state index contributed by atoms with van der Waals surface area (Å²) in [5, 5.41) is 2.79. The molecule has 1 aliphatic rings. The summed E-state index contributed by atoms with van der Waals surface area (Å²) in [6, 6.07) is 7.39. The maximum atomic E-state index is 11.9. The Morgan fingerprint density at radius 3 is 2.62 bits per heavy atom. The number of carbonyl (C=O) groups is 1. The van der Waals surface area contributed by atoms with E-state index < -0.39 is 10.0 Å². The highest BCUT2D eigenvalue weighted by Gasteiger charge is 2.27. The summed E-state index contributed by atoms with van der Waals surface area (Å²) in [4.78, 5) is 11.8. The number of para-hydroxylation sites is 1. The zero-order chi connectivity index (χ0) is 15.5. The predicted octanol–water partition coefficient (Wildman–Crippen LogP) is 0.735. The van der Waals surface area contributed by atoms with Crippen molar-refractivity contribution in [3.8, 4) is 5.75 Å². The number of sulfonamides is 1. The van der Waals surface area contributed by atoms with E-state index in [0.29, 0.717) is 5.75 Å². The number of hydrogen-bond donors (Lipinski definition) is 1. The summed E-state index contributed by atoms with van der Waals surface area (Å²) in [6.45, 7) is -0.0612. The van der Waals surface area contributed by atoms with E-state index in [-0.39, 0.29) is 25.0 Å². The fourth-order valence-corrected chi connectivity index (χ4v) is 2.70. The minimum absolute atomic E-state index is 0.112. The molecule has 1 amide bonds. The van der Waals surface area contributed by atoms with E-state index in [1.807, 2.05) is 12.1 Å². The van der Waals surface area contributed by atoms with Gasteiger partial charge >= 0.3 is 0 Å². The summed E-state index contributed by atoms with van der Waals surface area (Å²) in [6.07, 6.45) is 3.04. The van der Waals surface area contributed by atoms with E-state index in [9.17, 15) is 13.2 Å². The van der Waals surface area contributed by atoms with E-state index in [2.05, 4.69) is 5.32 Å². The molecular weight excluding hydrogens is 292 g/mol. The van der Waals surface area contributed by atoms with Gasteiger partial charge < -0.3 is 10.1 Å². The molecule has 0 bridgehead atoms. The van der Waals surface area contributed by atoms with E-state index >= 15 is 0 Å². The molecule has 1 aromatic carbocycles. The average Bonchev–Trinajstić information content (AvgIpc) is 3.21. The second kappa shape index (κ2) is 6.44. The van der Waals surface area contributed by atoms with Gasteiger partial charge in [-0.1, -0.05) is 18.2 Å². The first-order chi connectivity index (χ1) is 9.90. The van der Waals surface area contributed by atoms with Gasteiger partial charge in [0.25, 0.3) is 0 Å². The molecule has 0 saturated heterocycles. The van der Waals surface area contributed by atoms with Gasteiger partial charge in [0.1, 0.15) is 5.75 Å². The largest absolute Gasteiger partial charge is 0.496 e. The zero-order valence-electron chi connectivity index (χ0n) is 12.2. The Hall–Kier alpha value is -1.60. The molecule has 1 N–H and O–H groups in total. The van der Waals surface area contributed by atoms with Crippen LogP contribution in [0.15, 0.2) is 24.3 Å². The standard InChI is InChI=1S/C14H20N2O4S/c1-20-13-6-4-3-5-11(13)9-16(21(2,18)19)10-14(17)15-12-7-8-12/h3-6,12H,7-10H2,1-2H3,(H,15,17). The highest BCUT2D eigenvalue weighted by atomic mass is 32.2. The van der Waals surface area contributed by atoms with Crippen LogP contribution in [0.4, 0.5) is 0 Å². The fraction of sp³-hybridized carbons (Fsp3) is 0.500. The third-order valence-electron chi connectivity index (χ3n) is 3.27. The lowest BCUT2D eigenvalue weighted by Gasteiger charge is -2.20. The monoisotopic (exact) mass is 312 g/mol. The van der Waals surface area contributed by atoms with Crippen molar-refractivity contribution in [3.05, 3.63) is 29.8 Å². The van der Waals surface area contributed by atoms with Crippen LogP contribution < -0.4 is 10.1 Å². The smallest absolute Gasteiger partial charge is 0.235 e. The van der Waals surface area contributed by atoms with E-state index in [1.165, 1.54) is 7.11 Å². The molecule has 21 heavy (non-hydrogen) atoms. The number of nitrogens with one attached hydrogen (secondary N) is 1. The molecule has 7 heteroatoms. The highest BCUT2D eigenvalue weighted by molar-refractivity contribution is 7.88. The number of benzene rings is 1. The van der Waals surface area contributed by atoms with Crippen molar-refractivity contribution in [2.75, 3.05) is 19.9 Å². The molecule has 0 atom stereocenters. The lowest BCUT2D eigenvalue weighted by molar-refractivity contribution is -0.121. The Morgan fingerprint density at radius 2 is 2.05 bits per heavy atom. The van der Waals surface area contributed by atoms with E-state index in [1.54, 1.807) is 12.1 Å². The fourth-order valence-electron chi connectivity index (χ4n) is 1.98. The quantitative estimate of drug-likeness (QED) is 0.805. The molecule has 0 radical (unpaired) electrons. The first-order valence-electron chi connectivity index (χ1n) is 6.76. The van der Waals surface area contributed by atoms with Crippen molar-refractivity contribution in [1.29, 1.82) is 0 Å². The van der Waals surface area contributed by atoms with Crippen LogP contribution in [0.2, 0.25) is 0 Å². The van der Waals surface area contributed by atoms with Gasteiger partial charge in [-0.3, -0.25) is 4.79 Å². The maximum Gasteiger partial charge on any atom is 0.235 e. The minimum Gasteiger partial charge on any atom is -0.496 e. The van der Waals surface area contributed by atoms with Crippen molar-refractivity contribution < 1.29 is 17.9 Å². The van der Waals surface area contributed by atoms with Crippen molar-refractivity contribution in [1.82, 2.24) is 9.62 Å². The van der Waals surface area contributed by atoms with Crippen molar-refractivity contribution in [2.45, 2.75) is 25.4 Å². The third kappa shape index (κ3) is 4.71. The zero-order valence-corrected chi connectivity index (χ0v) is 13.0. The van der Waals surface area contributed by atoms with Crippen molar-refractivity contribution >= 4 is 15.9 Å². The molecule has 2 rings (SSSR count). The lowest BCUT2D eigenvalue weighted by Crippen LogP contribution is -2.40. The normalized spacial score (nSPS) is 15.0. The molecule has 0 aromatic heterocycles. The number of amides is 1. The van der Waals surface area contributed by atoms with Crippen LogP contribution >= 0.6 is 0 Å². The predicted molar refractivity (Wildman–Crippen MR) is 79.4 cm³/mol. The van der Waals surface area contributed by atoms with Gasteiger partial charge in [-0.15, -0.1) is 0 Å². The third-order valence-corrected chi connectivity index (χ3v) is 4.47. The molecular formula is C14H20N2O4S. The minimum atomic E-state index is -3.48. The van der Waals surface area contributed by atoms with Gasteiger partial charge in [0.2, 0.25) is 15.9 Å². The lowest BCUT2D eigenvalue weighted by atomic mass is 10.2. The van der Waals surface area contributed by atoms with Crippen LogP contribution in [-0.4, -0.2) is 44.6 Å².